The minimum absolute atomic E-state index is 0.0350. The quantitative estimate of drug-likeness (QED) is 0.517. The molecule has 32 heavy (non-hydrogen) atoms. The van der Waals surface area contributed by atoms with Crippen molar-refractivity contribution >= 4 is 12.0 Å². The van der Waals surface area contributed by atoms with E-state index >= 15 is 0 Å². The second kappa shape index (κ2) is 11.6. The third kappa shape index (κ3) is 5.64. The average Bonchev–Trinajstić information content (AvgIpc) is 3.12. The molecule has 8 nitrogen and oxygen atoms in total. The number of fused-ring (bicyclic) bond motifs is 3. The van der Waals surface area contributed by atoms with Gasteiger partial charge in [-0.3, -0.25) is 4.79 Å². The van der Waals surface area contributed by atoms with Gasteiger partial charge in [0.05, 0.1) is 19.6 Å². The summed E-state index contributed by atoms with van der Waals surface area (Å²) >= 11 is 0. The van der Waals surface area contributed by atoms with Crippen LogP contribution in [0.15, 0.2) is 48.5 Å². The van der Waals surface area contributed by atoms with Crippen LogP contribution in [0.5, 0.6) is 0 Å². The molecule has 0 unspecified atom stereocenters. The SMILES string of the molecule is CN(CCOCCC(=O)N(CCN)CCN)C(=O)OC1c2ccccc2-c2ccccc21. The van der Waals surface area contributed by atoms with Crippen LogP contribution in [0.1, 0.15) is 23.7 Å². The fraction of sp³-hybridized carbons (Fsp3) is 0.417. The molecule has 0 saturated carbocycles. The fourth-order valence-corrected chi connectivity index (χ4v) is 3.81. The van der Waals surface area contributed by atoms with Crippen LogP contribution >= 0.6 is 0 Å². The molecule has 0 radical (unpaired) electrons. The lowest BCUT2D eigenvalue weighted by molar-refractivity contribution is -0.132. The molecular weight excluding hydrogens is 408 g/mol. The number of hydrogen-bond donors (Lipinski definition) is 2. The topological polar surface area (TPSA) is 111 Å². The highest BCUT2D eigenvalue weighted by molar-refractivity contribution is 5.79. The maximum Gasteiger partial charge on any atom is 0.410 e. The minimum Gasteiger partial charge on any atom is -0.436 e. The van der Waals surface area contributed by atoms with Crippen molar-refractivity contribution in [3.63, 3.8) is 0 Å². The summed E-state index contributed by atoms with van der Waals surface area (Å²) in [6.07, 6.45) is -0.589. The first kappa shape index (κ1) is 23.7. The van der Waals surface area contributed by atoms with Gasteiger partial charge in [-0.1, -0.05) is 48.5 Å². The van der Waals surface area contributed by atoms with Gasteiger partial charge in [-0.25, -0.2) is 4.79 Å². The van der Waals surface area contributed by atoms with Crippen molar-refractivity contribution in [2.45, 2.75) is 12.5 Å². The van der Waals surface area contributed by atoms with Gasteiger partial charge < -0.3 is 30.7 Å². The largest absolute Gasteiger partial charge is 0.436 e. The van der Waals surface area contributed by atoms with E-state index in [-0.39, 0.29) is 18.9 Å². The number of likely N-dealkylation sites (N-methyl/N-ethyl adjacent to an activating group) is 1. The molecule has 3 rings (SSSR count). The molecule has 1 aliphatic carbocycles. The van der Waals surface area contributed by atoms with Crippen molar-refractivity contribution < 1.29 is 19.1 Å². The summed E-state index contributed by atoms with van der Waals surface area (Å²) < 4.78 is 11.4. The van der Waals surface area contributed by atoms with E-state index in [1.165, 1.54) is 4.90 Å². The van der Waals surface area contributed by atoms with Gasteiger partial charge in [0.2, 0.25) is 5.91 Å². The van der Waals surface area contributed by atoms with E-state index < -0.39 is 12.2 Å². The van der Waals surface area contributed by atoms with Crippen LogP contribution < -0.4 is 11.5 Å². The molecule has 0 fully saturated rings. The van der Waals surface area contributed by atoms with Crippen molar-refractivity contribution in [3.05, 3.63) is 59.7 Å². The van der Waals surface area contributed by atoms with Gasteiger partial charge in [0.25, 0.3) is 0 Å². The third-order valence-corrected chi connectivity index (χ3v) is 5.49. The number of nitrogens with two attached hydrogens (primary N) is 2. The molecule has 0 aliphatic heterocycles. The first-order valence-electron chi connectivity index (χ1n) is 10.9. The van der Waals surface area contributed by atoms with Crippen LogP contribution in [0.25, 0.3) is 11.1 Å². The fourth-order valence-electron chi connectivity index (χ4n) is 3.81. The third-order valence-electron chi connectivity index (χ3n) is 5.49. The van der Waals surface area contributed by atoms with E-state index in [1.54, 1.807) is 11.9 Å². The lowest BCUT2D eigenvalue weighted by Gasteiger charge is -2.22. The maximum absolute atomic E-state index is 12.7. The van der Waals surface area contributed by atoms with Gasteiger partial charge >= 0.3 is 6.09 Å². The lowest BCUT2D eigenvalue weighted by atomic mass is 10.1. The number of ether oxygens (including phenoxy) is 2. The van der Waals surface area contributed by atoms with E-state index in [4.69, 9.17) is 20.9 Å². The zero-order chi connectivity index (χ0) is 22.9. The second-order valence-corrected chi connectivity index (χ2v) is 7.68. The van der Waals surface area contributed by atoms with Crippen LogP contribution in [-0.4, -0.2) is 74.8 Å². The summed E-state index contributed by atoms with van der Waals surface area (Å²) in [5, 5.41) is 0. The summed E-state index contributed by atoms with van der Waals surface area (Å²) in [7, 11) is 1.67. The Hall–Kier alpha value is -2.94. The first-order chi connectivity index (χ1) is 15.6. The lowest BCUT2D eigenvalue weighted by Crippen LogP contribution is -2.39. The number of rotatable bonds is 11. The summed E-state index contributed by atoms with van der Waals surface area (Å²) in [5.41, 5.74) is 15.2. The monoisotopic (exact) mass is 440 g/mol. The van der Waals surface area contributed by atoms with E-state index in [2.05, 4.69) is 0 Å². The van der Waals surface area contributed by atoms with Gasteiger partial charge in [0.15, 0.2) is 6.10 Å². The summed E-state index contributed by atoms with van der Waals surface area (Å²) in [6.45, 7) is 2.71. The number of nitrogens with zero attached hydrogens (tertiary/aromatic N) is 2. The highest BCUT2D eigenvalue weighted by Crippen LogP contribution is 2.45. The number of benzene rings is 2. The molecule has 172 valence electrons. The van der Waals surface area contributed by atoms with Crippen LogP contribution in [-0.2, 0) is 14.3 Å². The van der Waals surface area contributed by atoms with Crippen molar-refractivity contribution in [3.8, 4) is 11.1 Å². The van der Waals surface area contributed by atoms with Crippen LogP contribution in [0.4, 0.5) is 4.79 Å². The zero-order valence-electron chi connectivity index (χ0n) is 18.5. The predicted molar refractivity (Wildman–Crippen MR) is 123 cm³/mol. The smallest absolute Gasteiger partial charge is 0.410 e. The summed E-state index contributed by atoms with van der Waals surface area (Å²) in [6, 6.07) is 15.9. The van der Waals surface area contributed by atoms with Crippen molar-refractivity contribution in [2.75, 3.05) is 53.0 Å². The van der Waals surface area contributed by atoms with Gasteiger partial charge in [-0.2, -0.15) is 0 Å². The number of amides is 2. The Morgan fingerprint density at radius 2 is 1.44 bits per heavy atom. The molecule has 0 bridgehead atoms. The molecule has 0 aromatic heterocycles. The van der Waals surface area contributed by atoms with Crippen LogP contribution in [0, 0.1) is 0 Å². The highest BCUT2D eigenvalue weighted by Gasteiger charge is 2.31. The molecule has 8 heteroatoms. The standard InChI is InChI=1S/C24H32N4O4/c1-27(15-17-31-16-10-22(29)28(13-11-25)14-12-26)24(30)32-23-20-8-4-2-6-18(20)19-7-3-5-9-21(19)23/h2-9,23H,10-17,25-26H2,1H3. The van der Waals surface area contributed by atoms with E-state index in [0.29, 0.717) is 39.3 Å². The Balaban J connectivity index is 1.45. The average molecular weight is 441 g/mol. The Morgan fingerprint density at radius 3 is 2.00 bits per heavy atom. The zero-order valence-corrected chi connectivity index (χ0v) is 18.5. The second-order valence-electron chi connectivity index (χ2n) is 7.68. The van der Waals surface area contributed by atoms with E-state index in [9.17, 15) is 9.59 Å². The van der Waals surface area contributed by atoms with E-state index in [0.717, 1.165) is 22.3 Å². The molecule has 0 spiro atoms. The molecule has 2 aromatic rings. The molecular formula is C24H32N4O4. The normalized spacial score (nSPS) is 12.2. The molecule has 1 aliphatic rings. The molecule has 2 aromatic carbocycles. The molecule has 2 amide bonds. The molecule has 4 N–H and O–H groups in total. The number of hydrogen-bond acceptors (Lipinski definition) is 6. The van der Waals surface area contributed by atoms with Crippen molar-refractivity contribution in [2.24, 2.45) is 11.5 Å². The predicted octanol–water partition coefficient (Wildman–Crippen LogP) is 1.98. The van der Waals surface area contributed by atoms with Gasteiger partial charge in [-0.05, 0) is 11.1 Å². The molecule has 0 heterocycles. The molecule has 0 saturated heterocycles. The first-order valence-corrected chi connectivity index (χ1v) is 10.9. The Kier molecular flexibility index (Phi) is 8.61. The summed E-state index contributed by atoms with van der Waals surface area (Å²) in [5.74, 6) is -0.0350. The Bertz CT molecular complexity index is 869. The number of carbonyl (C=O) groups excluding carboxylic acids is 2. The van der Waals surface area contributed by atoms with Crippen molar-refractivity contribution in [1.29, 1.82) is 0 Å². The highest BCUT2D eigenvalue weighted by atomic mass is 16.6. The van der Waals surface area contributed by atoms with Crippen LogP contribution in [0.3, 0.4) is 0 Å². The molecule has 0 atom stereocenters. The maximum atomic E-state index is 12.7. The van der Waals surface area contributed by atoms with Gasteiger partial charge in [-0.15, -0.1) is 0 Å². The Morgan fingerprint density at radius 1 is 0.875 bits per heavy atom. The van der Waals surface area contributed by atoms with Crippen LogP contribution in [0.2, 0.25) is 0 Å². The van der Waals surface area contributed by atoms with Crippen molar-refractivity contribution in [1.82, 2.24) is 9.80 Å². The number of carbonyl (C=O) groups is 2. The van der Waals surface area contributed by atoms with Gasteiger partial charge in [0, 0.05) is 50.9 Å². The minimum atomic E-state index is -0.424. The van der Waals surface area contributed by atoms with E-state index in [1.807, 2.05) is 48.5 Å². The Labute approximate surface area is 189 Å². The van der Waals surface area contributed by atoms with Gasteiger partial charge in [0.1, 0.15) is 0 Å². The summed E-state index contributed by atoms with van der Waals surface area (Å²) in [4.78, 5) is 28.0.